The van der Waals surface area contributed by atoms with Crippen LogP contribution in [0.3, 0.4) is 0 Å². The van der Waals surface area contributed by atoms with Gasteiger partial charge in [-0.15, -0.1) is 0 Å². The van der Waals surface area contributed by atoms with Crippen molar-refractivity contribution in [2.75, 3.05) is 0 Å². The molecule has 0 aliphatic heterocycles. The van der Waals surface area contributed by atoms with Gasteiger partial charge in [0.15, 0.2) is 11.3 Å². The highest BCUT2D eigenvalue weighted by Gasteiger charge is 2.27. The normalized spacial score (nSPS) is 15.8. The largest absolute Gasteiger partial charge is 0.325 e. The fraction of sp³-hybridized carbons (Fsp3) is 0.250. The Balaban J connectivity index is 2.02. The van der Waals surface area contributed by atoms with Crippen LogP contribution in [0.1, 0.15) is 24.6 Å². The Morgan fingerprint density at radius 3 is 2.82 bits per heavy atom. The lowest BCUT2D eigenvalue weighted by atomic mass is 10.3. The number of nitrogens with zero attached hydrogens (tertiary/aromatic N) is 3. The van der Waals surface area contributed by atoms with Gasteiger partial charge in [0, 0.05) is 10.9 Å². The van der Waals surface area contributed by atoms with Gasteiger partial charge in [0.2, 0.25) is 0 Å². The minimum Gasteiger partial charge on any atom is -0.325 e. The van der Waals surface area contributed by atoms with Gasteiger partial charge in [0.1, 0.15) is 5.82 Å². The maximum Gasteiger partial charge on any atom is 0.198 e. The molecule has 0 atom stereocenters. The topological polar surface area (TPSA) is 54.5 Å². The van der Waals surface area contributed by atoms with Gasteiger partial charge in [0.05, 0.1) is 11.0 Å². The van der Waals surface area contributed by atoms with Crippen molar-refractivity contribution < 1.29 is 0 Å². The number of hydrogen-bond acceptors (Lipinski definition) is 3. The number of halogens is 1. The van der Waals surface area contributed by atoms with E-state index in [0.717, 1.165) is 22.5 Å². The van der Waals surface area contributed by atoms with Gasteiger partial charge in [-0.05, 0) is 31.0 Å². The first-order valence-electron chi connectivity index (χ1n) is 5.62. The summed E-state index contributed by atoms with van der Waals surface area (Å²) in [6, 6.07) is 5.51. The van der Waals surface area contributed by atoms with Crippen LogP contribution >= 0.6 is 11.6 Å². The lowest BCUT2D eigenvalue weighted by Gasteiger charge is -1.96. The van der Waals surface area contributed by atoms with Crippen molar-refractivity contribution in [2.24, 2.45) is 0 Å². The molecule has 1 aliphatic rings. The lowest BCUT2D eigenvalue weighted by molar-refractivity contribution is 0.982. The van der Waals surface area contributed by atoms with Crippen LogP contribution in [-0.2, 0) is 0 Å². The van der Waals surface area contributed by atoms with Gasteiger partial charge in [-0.25, -0.2) is 15.0 Å². The Hall–Kier alpha value is -1.68. The lowest BCUT2D eigenvalue weighted by Crippen LogP contribution is -1.85. The first-order chi connectivity index (χ1) is 8.29. The molecule has 0 spiro atoms. The molecule has 2 heterocycles. The molecule has 84 valence electrons. The maximum atomic E-state index is 5.94. The molecule has 3 aromatic rings. The second-order valence-electron chi connectivity index (χ2n) is 4.43. The number of nitrogens with one attached hydrogen (secondary N) is 1. The quantitative estimate of drug-likeness (QED) is 0.716. The smallest absolute Gasteiger partial charge is 0.198 e. The number of rotatable bonds is 1. The van der Waals surface area contributed by atoms with Gasteiger partial charge in [-0.3, -0.25) is 0 Å². The Morgan fingerprint density at radius 2 is 2.00 bits per heavy atom. The van der Waals surface area contributed by atoms with Crippen LogP contribution in [0.25, 0.3) is 22.3 Å². The molecule has 1 N–H and O–H groups in total. The van der Waals surface area contributed by atoms with E-state index in [1.54, 1.807) is 0 Å². The second kappa shape index (κ2) is 3.17. The van der Waals surface area contributed by atoms with E-state index >= 15 is 0 Å². The molecule has 1 fully saturated rings. The third kappa shape index (κ3) is 1.48. The fourth-order valence-electron chi connectivity index (χ4n) is 1.99. The highest BCUT2D eigenvalue weighted by atomic mass is 35.5. The van der Waals surface area contributed by atoms with Crippen molar-refractivity contribution in [2.45, 2.75) is 18.8 Å². The highest BCUT2D eigenvalue weighted by Crippen LogP contribution is 2.38. The zero-order valence-electron chi connectivity index (χ0n) is 8.94. The Morgan fingerprint density at radius 1 is 1.12 bits per heavy atom. The average Bonchev–Trinajstić information content (AvgIpc) is 3.07. The number of aromatic nitrogens is 4. The summed E-state index contributed by atoms with van der Waals surface area (Å²) < 4.78 is 0. The van der Waals surface area contributed by atoms with Crippen LogP contribution in [0.4, 0.5) is 0 Å². The molecule has 0 radical (unpaired) electrons. The first kappa shape index (κ1) is 9.36. The fourth-order valence-corrected chi connectivity index (χ4v) is 2.16. The molecule has 1 saturated carbocycles. The summed E-state index contributed by atoms with van der Waals surface area (Å²) in [5.41, 5.74) is 3.08. The molecule has 4 nitrogen and oxygen atoms in total. The van der Waals surface area contributed by atoms with E-state index in [1.807, 2.05) is 18.2 Å². The van der Waals surface area contributed by atoms with Crippen LogP contribution in [-0.4, -0.2) is 19.9 Å². The van der Waals surface area contributed by atoms with Gasteiger partial charge >= 0.3 is 0 Å². The molecule has 0 saturated heterocycles. The van der Waals surface area contributed by atoms with Crippen LogP contribution in [0.5, 0.6) is 0 Å². The van der Waals surface area contributed by atoms with E-state index in [9.17, 15) is 0 Å². The molecule has 4 rings (SSSR count). The number of hydrogen-bond donors (Lipinski definition) is 1. The zero-order valence-corrected chi connectivity index (χ0v) is 9.70. The Bertz CT molecular complexity index is 730. The van der Waals surface area contributed by atoms with Crippen molar-refractivity contribution in [3.63, 3.8) is 0 Å². The molecular formula is C12H9ClN4. The molecule has 0 amide bonds. The molecule has 2 aromatic heterocycles. The zero-order chi connectivity index (χ0) is 11.4. The van der Waals surface area contributed by atoms with Gasteiger partial charge in [0.25, 0.3) is 0 Å². The van der Waals surface area contributed by atoms with Crippen LogP contribution in [0.15, 0.2) is 18.2 Å². The van der Waals surface area contributed by atoms with Crippen molar-refractivity contribution in [3.8, 4) is 0 Å². The summed E-state index contributed by atoms with van der Waals surface area (Å²) in [4.78, 5) is 16.7. The van der Waals surface area contributed by atoms with Crippen LogP contribution < -0.4 is 0 Å². The molecule has 1 aliphatic carbocycles. The van der Waals surface area contributed by atoms with Crippen molar-refractivity contribution >= 4 is 33.9 Å². The number of fused-ring (bicyclic) bond motifs is 2. The van der Waals surface area contributed by atoms with E-state index in [-0.39, 0.29) is 0 Å². The first-order valence-corrected chi connectivity index (χ1v) is 6.00. The molecule has 0 bridgehead atoms. The Kier molecular flexibility index (Phi) is 1.74. The molecule has 17 heavy (non-hydrogen) atoms. The summed E-state index contributed by atoms with van der Waals surface area (Å²) in [5, 5.41) is 0.670. The summed E-state index contributed by atoms with van der Waals surface area (Å²) in [7, 11) is 0. The summed E-state index contributed by atoms with van der Waals surface area (Å²) in [6.45, 7) is 0. The van der Waals surface area contributed by atoms with Crippen LogP contribution in [0, 0.1) is 0 Å². The molecule has 5 heteroatoms. The van der Waals surface area contributed by atoms with Crippen molar-refractivity contribution in [1.29, 1.82) is 0 Å². The van der Waals surface area contributed by atoms with Gasteiger partial charge < -0.3 is 4.98 Å². The average molecular weight is 245 g/mol. The highest BCUT2D eigenvalue weighted by molar-refractivity contribution is 6.31. The maximum absolute atomic E-state index is 5.94. The summed E-state index contributed by atoms with van der Waals surface area (Å²) in [5.74, 6) is 1.60. The Labute approximate surface area is 102 Å². The van der Waals surface area contributed by atoms with Crippen LogP contribution in [0.2, 0.25) is 5.02 Å². The van der Waals surface area contributed by atoms with Gasteiger partial charge in [-0.2, -0.15) is 0 Å². The molecule has 1 aromatic carbocycles. The number of imidazole rings is 1. The third-order valence-electron chi connectivity index (χ3n) is 3.04. The SMILES string of the molecule is Clc1ccc2nc3[nH]c(C4CC4)nc3nc2c1. The molecular weight excluding hydrogens is 236 g/mol. The third-order valence-corrected chi connectivity index (χ3v) is 3.28. The number of aromatic amines is 1. The standard InChI is InChI=1S/C12H9ClN4/c13-7-3-4-8-9(5-7)15-12-11(14-8)16-10(17-12)6-1-2-6/h3-6H,1-2H2,(H,14,15,16,17). The minimum atomic E-state index is 0.581. The van der Waals surface area contributed by atoms with E-state index < -0.39 is 0 Å². The van der Waals surface area contributed by atoms with E-state index in [1.165, 1.54) is 12.8 Å². The second-order valence-corrected chi connectivity index (χ2v) is 4.86. The van der Waals surface area contributed by atoms with Gasteiger partial charge in [-0.1, -0.05) is 11.6 Å². The van der Waals surface area contributed by atoms with E-state index in [4.69, 9.17) is 11.6 Å². The van der Waals surface area contributed by atoms with E-state index in [2.05, 4.69) is 19.9 Å². The summed E-state index contributed by atoms with van der Waals surface area (Å²) >= 11 is 5.94. The van der Waals surface area contributed by atoms with E-state index in [0.29, 0.717) is 16.6 Å². The predicted molar refractivity (Wildman–Crippen MR) is 66.2 cm³/mol. The number of benzene rings is 1. The molecule has 0 unspecified atom stereocenters. The predicted octanol–water partition coefficient (Wildman–Crippen LogP) is 3.04. The van der Waals surface area contributed by atoms with Crippen molar-refractivity contribution in [3.05, 3.63) is 29.0 Å². The minimum absolute atomic E-state index is 0.581. The monoisotopic (exact) mass is 244 g/mol. The summed E-state index contributed by atoms with van der Waals surface area (Å²) in [6.07, 6.45) is 2.43. The van der Waals surface area contributed by atoms with Crippen molar-refractivity contribution in [1.82, 2.24) is 19.9 Å². The number of H-pyrrole nitrogens is 1.